The molecule has 2 aromatic heterocycles. The van der Waals surface area contributed by atoms with E-state index in [9.17, 15) is 4.79 Å². The van der Waals surface area contributed by atoms with Crippen molar-refractivity contribution in [3.8, 4) is 17.3 Å². The molecule has 0 saturated carbocycles. The fourth-order valence-corrected chi connectivity index (χ4v) is 4.21. The summed E-state index contributed by atoms with van der Waals surface area (Å²) in [6, 6.07) is 6.08. The lowest BCUT2D eigenvalue weighted by molar-refractivity contribution is -0.119. The molecule has 0 radical (unpaired) electrons. The summed E-state index contributed by atoms with van der Waals surface area (Å²) in [5, 5.41) is 16.8. The topological polar surface area (TPSA) is 86.8 Å². The number of carbonyl (C=O) groups is 1. The van der Waals surface area contributed by atoms with E-state index in [-0.39, 0.29) is 11.8 Å². The number of nitrogens with zero attached hydrogens (tertiary/aromatic N) is 5. The lowest BCUT2D eigenvalue weighted by Crippen LogP contribution is -2.25. The number of aryl methyl sites for hydroxylation is 2. The van der Waals surface area contributed by atoms with E-state index >= 15 is 0 Å². The summed E-state index contributed by atoms with van der Waals surface area (Å²) < 4.78 is 2.82. The molecule has 3 aromatic rings. The van der Waals surface area contributed by atoms with Gasteiger partial charge in [-0.2, -0.15) is 10.4 Å². The maximum Gasteiger partial charge on any atom is 0.231 e. The van der Waals surface area contributed by atoms with Crippen LogP contribution in [0.4, 0.5) is 5.13 Å². The van der Waals surface area contributed by atoms with Crippen LogP contribution in [-0.2, 0) is 11.8 Å². The third-order valence-corrected chi connectivity index (χ3v) is 5.58. The number of likely N-dealkylation sites (tertiary alicyclic amines) is 1. The smallest absolute Gasteiger partial charge is 0.231 e. The van der Waals surface area contributed by atoms with Gasteiger partial charge < -0.3 is 10.2 Å². The van der Waals surface area contributed by atoms with E-state index in [1.165, 1.54) is 11.3 Å². The van der Waals surface area contributed by atoms with Gasteiger partial charge in [0.25, 0.3) is 0 Å². The fourth-order valence-electron chi connectivity index (χ4n) is 3.30. The monoisotopic (exact) mass is 366 g/mol. The number of anilines is 1. The molecule has 0 unspecified atom stereocenters. The van der Waals surface area contributed by atoms with Gasteiger partial charge in [0, 0.05) is 31.9 Å². The third-order valence-electron chi connectivity index (χ3n) is 4.64. The van der Waals surface area contributed by atoms with Crippen LogP contribution in [-0.4, -0.2) is 38.7 Å². The normalized spacial score (nSPS) is 16.8. The van der Waals surface area contributed by atoms with E-state index < -0.39 is 0 Å². The van der Waals surface area contributed by atoms with Crippen molar-refractivity contribution in [2.75, 3.05) is 18.4 Å². The van der Waals surface area contributed by atoms with Gasteiger partial charge in [-0.1, -0.05) is 17.4 Å². The predicted octanol–water partition coefficient (Wildman–Crippen LogP) is 2.75. The van der Waals surface area contributed by atoms with Gasteiger partial charge in [0.05, 0.1) is 21.8 Å². The summed E-state index contributed by atoms with van der Waals surface area (Å²) in [6.07, 6.45) is 4.80. The molecule has 7 nitrogen and oxygen atoms in total. The second kappa shape index (κ2) is 6.42. The van der Waals surface area contributed by atoms with Gasteiger partial charge in [0.2, 0.25) is 5.91 Å². The van der Waals surface area contributed by atoms with Crippen molar-refractivity contribution >= 4 is 32.6 Å². The Labute approximate surface area is 154 Å². The van der Waals surface area contributed by atoms with Crippen LogP contribution in [0.15, 0.2) is 24.4 Å². The number of rotatable bonds is 3. The number of hydrogen-bond acceptors (Lipinski definition) is 6. The standard InChI is InChI=1S/C18H18N6OS/c1-11-14(9-23(2)22-11)12-3-4-15-16(7-12)26-18(20-15)21-17(25)13-5-6-24(8-13)10-19/h3-4,7,9,13H,5-6,8H2,1-2H3,(H,20,21,25)/t13-/m0/s1. The van der Waals surface area contributed by atoms with Crippen molar-refractivity contribution in [3.63, 3.8) is 0 Å². The van der Waals surface area contributed by atoms with Crippen LogP contribution in [0.3, 0.4) is 0 Å². The molecule has 3 heterocycles. The first-order chi connectivity index (χ1) is 12.5. The molecule has 1 fully saturated rings. The van der Waals surface area contributed by atoms with Crippen LogP contribution in [0.5, 0.6) is 0 Å². The zero-order valence-electron chi connectivity index (χ0n) is 14.6. The average molecular weight is 366 g/mol. The highest BCUT2D eigenvalue weighted by Gasteiger charge is 2.28. The molecule has 1 amide bonds. The molecule has 0 spiro atoms. The van der Waals surface area contributed by atoms with Crippen molar-refractivity contribution in [1.82, 2.24) is 19.7 Å². The van der Waals surface area contributed by atoms with Crippen LogP contribution >= 0.6 is 11.3 Å². The molecule has 132 valence electrons. The van der Waals surface area contributed by atoms with Gasteiger partial charge in [-0.25, -0.2) is 4.98 Å². The predicted molar refractivity (Wildman–Crippen MR) is 100 cm³/mol. The highest BCUT2D eigenvalue weighted by Crippen LogP contribution is 2.32. The van der Waals surface area contributed by atoms with E-state index in [1.54, 1.807) is 9.58 Å². The number of amides is 1. The molecule has 1 aliphatic heterocycles. The number of nitriles is 1. The minimum absolute atomic E-state index is 0.0647. The molecule has 4 rings (SSSR count). The van der Waals surface area contributed by atoms with Crippen molar-refractivity contribution in [2.24, 2.45) is 13.0 Å². The summed E-state index contributed by atoms with van der Waals surface area (Å²) in [5.41, 5.74) is 4.02. The molecule has 1 N–H and O–H groups in total. The van der Waals surface area contributed by atoms with Crippen LogP contribution in [0.1, 0.15) is 12.1 Å². The Kier molecular flexibility index (Phi) is 4.09. The first-order valence-electron chi connectivity index (χ1n) is 8.40. The number of carbonyl (C=O) groups excluding carboxylic acids is 1. The number of hydrogen-bond donors (Lipinski definition) is 1. The van der Waals surface area contributed by atoms with Crippen LogP contribution in [0.2, 0.25) is 0 Å². The highest BCUT2D eigenvalue weighted by molar-refractivity contribution is 7.22. The van der Waals surface area contributed by atoms with Crippen LogP contribution in [0, 0.1) is 24.3 Å². The molecule has 0 aliphatic carbocycles. The molecule has 0 bridgehead atoms. The zero-order valence-corrected chi connectivity index (χ0v) is 15.4. The molecule has 8 heteroatoms. The quantitative estimate of drug-likeness (QED) is 0.720. The Hall–Kier alpha value is -2.92. The van der Waals surface area contributed by atoms with Gasteiger partial charge in [0.15, 0.2) is 11.3 Å². The van der Waals surface area contributed by atoms with Gasteiger partial charge in [0.1, 0.15) is 0 Å². The van der Waals surface area contributed by atoms with Crippen LogP contribution < -0.4 is 5.32 Å². The summed E-state index contributed by atoms with van der Waals surface area (Å²) in [7, 11) is 1.91. The van der Waals surface area contributed by atoms with Gasteiger partial charge in [-0.15, -0.1) is 0 Å². The highest BCUT2D eigenvalue weighted by atomic mass is 32.1. The minimum atomic E-state index is -0.157. The van der Waals surface area contributed by atoms with E-state index in [0.717, 1.165) is 27.0 Å². The van der Waals surface area contributed by atoms with E-state index in [2.05, 4.69) is 27.7 Å². The van der Waals surface area contributed by atoms with Crippen LogP contribution in [0.25, 0.3) is 21.3 Å². The molecule has 1 aromatic carbocycles. The molecule has 1 saturated heterocycles. The van der Waals surface area contributed by atoms with Gasteiger partial charge in [-0.3, -0.25) is 9.48 Å². The molecular weight excluding hydrogens is 348 g/mol. The fraction of sp³-hybridized carbons (Fsp3) is 0.333. The van der Waals surface area contributed by atoms with E-state index in [1.807, 2.05) is 32.3 Å². The summed E-state index contributed by atoms with van der Waals surface area (Å²) >= 11 is 1.46. The Balaban J connectivity index is 1.55. The second-order valence-corrected chi connectivity index (χ2v) is 7.55. The summed E-state index contributed by atoms with van der Waals surface area (Å²) in [5.74, 6) is -0.222. The second-order valence-electron chi connectivity index (χ2n) is 6.52. The number of aromatic nitrogens is 3. The molecule has 1 atom stereocenters. The number of fused-ring (bicyclic) bond motifs is 1. The summed E-state index contributed by atoms with van der Waals surface area (Å²) in [6.45, 7) is 3.11. The van der Waals surface area contributed by atoms with Gasteiger partial charge in [-0.05, 0) is 31.0 Å². The van der Waals surface area contributed by atoms with Crippen molar-refractivity contribution < 1.29 is 4.79 Å². The maximum absolute atomic E-state index is 12.4. The Morgan fingerprint density at radius 2 is 2.31 bits per heavy atom. The lowest BCUT2D eigenvalue weighted by Gasteiger charge is -2.08. The minimum Gasteiger partial charge on any atom is -0.310 e. The molecule has 26 heavy (non-hydrogen) atoms. The maximum atomic E-state index is 12.4. The van der Waals surface area contributed by atoms with Crippen molar-refractivity contribution in [2.45, 2.75) is 13.3 Å². The Bertz CT molecular complexity index is 1030. The van der Waals surface area contributed by atoms with Crippen molar-refractivity contribution in [1.29, 1.82) is 5.26 Å². The number of nitrogens with one attached hydrogen (secondary N) is 1. The first kappa shape index (κ1) is 16.5. The van der Waals surface area contributed by atoms with Gasteiger partial charge >= 0.3 is 0 Å². The Morgan fingerprint density at radius 3 is 3.00 bits per heavy atom. The van der Waals surface area contributed by atoms with E-state index in [0.29, 0.717) is 24.6 Å². The number of benzene rings is 1. The molecule has 1 aliphatic rings. The zero-order chi connectivity index (χ0) is 18.3. The largest absolute Gasteiger partial charge is 0.310 e. The summed E-state index contributed by atoms with van der Waals surface area (Å²) in [4.78, 5) is 18.5. The third kappa shape index (κ3) is 3.02. The SMILES string of the molecule is Cc1nn(C)cc1-c1ccc2nc(NC(=O)[C@H]3CCN(C#N)C3)sc2c1. The lowest BCUT2D eigenvalue weighted by atomic mass is 10.1. The Morgan fingerprint density at radius 1 is 1.46 bits per heavy atom. The van der Waals surface area contributed by atoms with E-state index in [4.69, 9.17) is 5.26 Å². The van der Waals surface area contributed by atoms with Crippen molar-refractivity contribution in [3.05, 3.63) is 30.1 Å². The first-order valence-corrected chi connectivity index (χ1v) is 9.22. The molecular formula is C18H18N6OS. The average Bonchev–Trinajstić information content (AvgIpc) is 3.31. The number of thiazole rings is 1.